The summed E-state index contributed by atoms with van der Waals surface area (Å²) < 4.78 is 26.0. The third-order valence-corrected chi connectivity index (χ3v) is 15.7. The zero-order valence-electron chi connectivity index (χ0n) is 49.9. The predicted octanol–water partition coefficient (Wildman–Crippen LogP) is 14.0. The van der Waals surface area contributed by atoms with Crippen molar-refractivity contribution in [1.82, 2.24) is 45.9 Å². The van der Waals surface area contributed by atoms with Crippen molar-refractivity contribution < 1.29 is 39.5 Å². The van der Waals surface area contributed by atoms with Gasteiger partial charge in [0.25, 0.3) is 0 Å². The van der Waals surface area contributed by atoms with Crippen LogP contribution in [0.4, 0.5) is 25.9 Å². The molecule has 10 N–H and O–H groups in total. The molecule has 4 saturated carbocycles. The summed E-state index contributed by atoms with van der Waals surface area (Å²) in [5.41, 5.74) is 10.5. The van der Waals surface area contributed by atoms with E-state index < -0.39 is 30.4 Å². The number of aromatic nitrogens is 6. The number of alkyl halides is 1. The van der Waals surface area contributed by atoms with Crippen molar-refractivity contribution in [3.8, 4) is 22.5 Å². The lowest BCUT2D eigenvalue weighted by molar-refractivity contribution is -0.142. The summed E-state index contributed by atoms with van der Waals surface area (Å²) in [4.78, 5) is 72.2. The molecule has 0 saturated heterocycles. The van der Waals surface area contributed by atoms with Crippen molar-refractivity contribution in [1.29, 1.82) is 0 Å². The van der Waals surface area contributed by atoms with E-state index in [4.69, 9.17) is 49.9 Å². The molecule has 4 fully saturated rings. The molecule has 3 amide bonds. The first kappa shape index (κ1) is 67.6. The number of carbonyl (C=O) groups is 4. The van der Waals surface area contributed by atoms with Crippen LogP contribution in [0, 0.1) is 11.8 Å². The first-order valence-electron chi connectivity index (χ1n) is 29.6. The molecule has 0 unspecified atom stereocenters. The number of aliphatic carboxylic acids is 1. The highest BCUT2D eigenvalue weighted by Gasteiger charge is 2.32. The van der Waals surface area contributed by atoms with Crippen LogP contribution in [0.2, 0.25) is 10.0 Å². The van der Waals surface area contributed by atoms with Crippen LogP contribution >= 0.6 is 35.6 Å². The fraction of sp³-hybridized carbons (Fsp3) is 0.548. The Balaban J connectivity index is 0.000000249. The van der Waals surface area contributed by atoms with Crippen LogP contribution in [0.5, 0.6) is 0 Å². The third kappa shape index (κ3) is 20.9. The number of fused-ring (bicyclic) bond motifs is 2. The number of hydrogen-bond donors (Lipinski definition) is 9. The van der Waals surface area contributed by atoms with Crippen LogP contribution in [-0.2, 0) is 19.1 Å². The molecule has 19 nitrogen and oxygen atoms in total. The zero-order valence-corrected chi connectivity index (χ0v) is 51.2. The lowest BCUT2D eigenvalue weighted by Crippen LogP contribution is -2.46. The van der Waals surface area contributed by atoms with Gasteiger partial charge in [0.05, 0.1) is 48.3 Å². The number of benzene rings is 2. The number of aromatic amines is 2. The Labute approximate surface area is 516 Å². The number of carboxylic acids is 1. The smallest absolute Gasteiger partial charge is 0.407 e. The molecule has 4 atom stereocenters. The van der Waals surface area contributed by atoms with Crippen molar-refractivity contribution in [3.63, 3.8) is 0 Å². The van der Waals surface area contributed by atoms with Crippen molar-refractivity contribution in [3.05, 3.63) is 83.4 Å². The molecular weight excluding hydrogens is 1150 g/mol. The second-order valence-corrected chi connectivity index (χ2v) is 24.8. The number of hydrogen-bond acceptors (Lipinski definition) is 13. The molecule has 10 rings (SSSR count). The number of carboxylic acid groups (broad SMARTS) is 1. The first-order valence-corrected chi connectivity index (χ1v) is 29.6. The van der Waals surface area contributed by atoms with Gasteiger partial charge in [-0.15, -0.1) is 12.4 Å². The molecular formula is C62H88Cl3FN12O7. The Morgan fingerprint density at radius 3 is 1.47 bits per heavy atom. The van der Waals surface area contributed by atoms with E-state index in [2.05, 4.69) is 57.6 Å². The van der Waals surface area contributed by atoms with Crippen molar-refractivity contribution in [2.75, 3.05) is 17.8 Å². The van der Waals surface area contributed by atoms with Gasteiger partial charge in [0.1, 0.15) is 11.2 Å². The van der Waals surface area contributed by atoms with Gasteiger partial charge in [-0.25, -0.2) is 29.5 Å². The molecule has 4 aliphatic carbocycles. The second-order valence-electron chi connectivity index (χ2n) is 24.0. The summed E-state index contributed by atoms with van der Waals surface area (Å²) in [6.07, 6.45) is 20.2. The molecule has 4 heterocycles. The maximum Gasteiger partial charge on any atom is 0.407 e. The number of halogens is 4. The topological polar surface area (TPSA) is 276 Å². The number of rotatable bonds is 11. The van der Waals surface area contributed by atoms with Crippen LogP contribution in [0.1, 0.15) is 153 Å². The average Bonchev–Trinajstić information content (AvgIpc) is 2.13. The number of nitrogens with two attached hydrogens (primary N) is 1. The van der Waals surface area contributed by atoms with E-state index in [0.29, 0.717) is 59.4 Å². The molecule has 4 aromatic heterocycles. The maximum atomic E-state index is 13.1. The van der Waals surface area contributed by atoms with Crippen LogP contribution in [0.15, 0.2) is 73.3 Å². The summed E-state index contributed by atoms with van der Waals surface area (Å²) in [7, 11) is -1.00. The number of nitrogens with zero attached hydrogens (tertiary/aromatic N) is 4. The highest BCUT2D eigenvalue weighted by atomic mass is 35.5. The molecule has 85 heavy (non-hydrogen) atoms. The van der Waals surface area contributed by atoms with Gasteiger partial charge in [-0.3, -0.25) is 14.0 Å². The molecule has 2 aromatic carbocycles. The Bertz CT molecular complexity index is 3130. The van der Waals surface area contributed by atoms with E-state index in [9.17, 15) is 23.6 Å². The van der Waals surface area contributed by atoms with E-state index >= 15 is 0 Å². The number of alkyl carbamates (subject to hydrolysis) is 2. The van der Waals surface area contributed by atoms with Crippen LogP contribution in [0.25, 0.3) is 44.3 Å². The third-order valence-electron chi connectivity index (χ3n) is 15.2. The van der Waals surface area contributed by atoms with Gasteiger partial charge in [0.2, 0.25) is 17.8 Å². The van der Waals surface area contributed by atoms with Gasteiger partial charge in [0.15, 0.2) is 0 Å². The molecule has 23 heteroatoms. The minimum Gasteiger partial charge on any atom is -0.481 e. The Morgan fingerprint density at radius 2 is 1.04 bits per heavy atom. The number of H-pyrrole nitrogens is 2. The van der Waals surface area contributed by atoms with Gasteiger partial charge in [-0.2, -0.15) is 0 Å². The SMILES string of the molecule is C.CC(C)(C)OC(=O)NC1CCC(C(=O)N[C@H]2CCC[C@@H](Nc3ncc(Cl)c(-c4c[nH]c5ccccc45)n3)C2)CC1.CC(C)(C)OC(=O)NC1CCC(C(=O)O)CC1.Cl.N[C@H]1CCC[C@@H](Nc2ncc(Cl)c(-c3c[nH]c4ccccc34)n2)C1.[2H]CF. The first-order chi connectivity index (χ1) is 40.0. The summed E-state index contributed by atoms with van der Waals surface area (Å²) in [5.74, 6) is 0.248. The maximum absolute atomic E-state index is 13.1. The van der Waals surface area contributed by atoms with Crippen molar-refractivity contribution in [2.24, 2.45) is 17.6 Å². The normalized spacial score (nSPS) is 22.2. The lowest BCUT2D eigenvalue weighted by atomic mass is 9.84. The number of carbonyl (C=O) groups excluding carboxylic acids is 3. The van der Waals surface area contributed by atoms with Crippen LogP contribution in [-0.4, -0.2) is 114 Å². The lowest BCUT2D eigenvalue weighted by Gasteiger charge is -2.33. The number of nitrogens with one attached hydrogen (secondary N) is 7. The summed E-state index contributed by atoms with van der Waals surface area (Å²) in [6, 6.07) is 17.1. The van der Waals surface area contributed by atoms with Crippen LogP contribution < -0.4 is 32.3 Å². The zero-order chi connectivity index (χ0) is 60.6. The van der Waals surface area contributed by atoms with Crippen molar-refractivity contribution >= 4 is 93.4 Å². The monoisotopic (exact) mass is 1240 g/mol. The molecule has 6 aromatic rings. The molecule has 4 aliphatic rings. The summed E-state index contributed by atoms with van der Waals surface area (Å²) >= 11 is 12.9. The number of para-hydroxylation sites is 2. The van der Waals surface area contributed by atoms with Gasteiger partial charge < -0.3 is 56.9 Å². The summed E-state index contributed by atoms with van der Waals surface area (Å²) in [6.45, 7) is 11.0. The molecule has 0 radical (unpaired) electrons. The minimum atomic E-state index is -1.00. The van der Waals surface area contributed by atoms with Gasteiger partial charge in [-0.05, 0) is 156 Å². The fourth-order valence-corrected chi connectivity index (χ4v) is 11.6. The Hall–Kier alpha value is -6.48. The van der Waals surface area contributed by atoms with Gasteiger partial charge in [0, 0.05) is 87.5 Å². The molecule has 0 bridgehead atoms. The van der Waals surface area contributed by atoms with E-state index in [0.717, 1.165) is 116 Å². The Kier molecular flexibility index (Phi) is 25.7. The highest BCUT2D eigenvalue weighted by molar-refractivity contribution is 6.33. The predicted molar refractivity (Wildman–Crippen MR) is 339 cm³/mol. The average molecular weight is 1240 g/mol. The van der Waals surface area contributed by atoms with Gasteiger partial charge >= 0.3 is 18.2 Å². The number of amides is 3. The van der Waals surface area contributed by atoms with E-state index in [1.807, 2.05) is 96.4 Å². The molecule has 0 spiro atoms. The highest BCUT2D eigenvalue weighted by Crippen LogP contribution is 2.35. The minimum absolute atomic E-state index is 0. The van der Waals surface area contributed by atoms with E-state index in [-0.39, 0.29) is 73.9 Å². The van der Waals surface area contributed by atoms with E-state index in [1.54, 1.807) is 12.4 Å². The summed E-state index contributed by atoms with van der Waals surface area (Å²) in [5, 5.41) is 28.0. The second kappa shape index (κ2) is 32.3. The largest absolute Gasteiger partial charge is 0.481 e. The fourth-order valence-electron chi connectivity index (χ4n) is 11.2. The van der Waals surface area contributed by atoms with E-state index in [1.165, 1.54) is 0 Å². The standard InChI is InChI=1S/C30H39ClN6O3.C18H20ClN5.C12H21NO4.CH3F.CH4.ClH/c1-30(2,3)40-29(39)36-19-13-11-18(12-14-19)27(38)34-20-7-6-8-21(15-20)35-28-33-17-24(31)26(37-28)23-16-32-25-10-5-4-9-22(23)25;19-15-10-22-18(23-12-5-3-4-11(20)8-12)24-17(15)14-9-21-16-7-2-1-6-13(14)16;1-12(2,3)17-11(16)13-9-6-4-8(5-7-9)10(14)15;1-2;;/h4-5,9-10,16-21,32H,6-8,11-15H2,1-3H3,(H,34,38)(H,36,39)(H,33,35,37);1-2,6-7,9-12,21H,3-5,8,20H2,(H,22,23,24);8-9H,4-7H2,1-3H3,(H,13,16)(H,14,15);1H3;1H4;1H/t18?,19?,20-,21+;11-,12+;;;;/m00..../s1/i;;;1D;;. The van der Waals surface area contributed by atoms with Crippen molar-refractivity contribution in [2.45, 2.75) is 199 Å². The molecule has 0 aliphatic heterocycles. The number of ether oxygens (including phenoxy) is 2. The Morgan fingerprint density at radius 1 is 0.624 bits per heavy atom. The van der Waals surface area contributed by atoms with Crippen LogP contribution in [0.3, 0.4) is 0 Å². The quantitative estimate of drug-likeness (QED) is 0.0584. The number of anilines is 2. The molecule has 466 valence electrons. The van der Waals surface area contributed by atoms with Gasteiger partial charge in [-0.1, -0.05) is 67.0 Å².